The third-order valence-corrected chi connectivity index (χ3v) is 5.12. The molecule has 4 nitrogen and oxygen atoms in total. The summed E-state index contributed by atoms with van der Waals surface area (Å²) in [6.45, 7) is 0.0913. The van der Waals surface area contributed by atoms with Gasteiger partial charge in [-0.2, -0.15) is 5.26 Å². The molecule has 0 radical (unpaired) electrons. The third kappa shape index (κ3) is 3.41. The van der Waals surface area contributed by atoms with E-state index in [2.05, 4.69) is 6.07 Å². The van der Waals surface area contributed by atoms with Gasteiger partial charge in [-0.25, -0.2) is 4.79 Å². The van der Waals surface area contributed by atoms with Crippen LogP contribution in [0.2, 0.25) is 0 Å². The first-order valence-corrected chi connectivity index (χ1v) is 9.33. The number of pyridine rings is 1. The molecule has 1 aromatic heterocycles. The van der Waals surface area contributed by atoms with Crippen molar-refractivity contribution in [3.63, 3.8) is 0 Å². The molecule has 4 rings (SSSR count). The second-order valence-corrected chi connectivity index (χ2v) is 6.83. The quantitative estimate of drug-likeness (QED) is 0.503. The first-order valence-electron chi connectivity index (χ1n) is 9.33. The van der Waals surface area contributed by atoms with Gasteiger partial charge in [-0.3, -0.25) is 4.98 Å². The summed E-state index contributed by atoms with van der Waals surface area (Å²) in [4.78, 5) is 17.9. The fourth-order valence-electron chi connectivity index (χ4n) is 3.75. The molecule has 1 aliphatic carbocycles. The highest BCUT2D eigenvalue weighted by Crippen LogP contribution is 2.29. The van der Waals surface area contributed by atoms with Crippen LogP contribution in [-0.4, -0.2) is 11.0 Å². The van der Waals surface area contributed by atoms with Crippen molar-refractivity contribution in [2.75, 3.05) is 0 Å². The molecule has 0 bridgehead atoms. The minimum absolute atomic E-state index is 0.0913. The van der Waals surface area contributed by atoms with Gasteiger partial charge in [-0.1, -0.05) is 42.8 Å². The first-order chi connectivity index (χ1) is 13.3. The number of carbonyl (C=O) groups excluding carboxylic acids is 1. The van der Waals surface area contributed by atoms with Crippen LogP contribution in [0.25, 0.3) is 10.9 Å². The van der Waals surface area contributed by atoms with E-state index in [-0.39, 0.29) is 12.6 Å². The van der Waals surface area contributed by atoms with E-state index in [1.165, 1.54) is 0 Å². The molecule has 0 atom stereocenters. The predicted octanol–water partition coefficient (Wildman–Crippen LogP) is 4.73. The summed E-state index contributed by atoms with van der Waals surface area (Å²) in [5.41, 5.74) is 4.79. The van der Waals surface area contributed by atoms with Crippen LogP contribution in [0.3, 0.4) is 0 Å². The zero-order valence-electron chi connectivity index (χ0n) is 15.1. The number of hydrogen-bond acceptors (Lipinski definition) is 4. The summed E-state index contributed by atoms with van der Waals surface area (Å²) in [7, 11) is 0. The lowest BCUT2D eigenvalue weighted by Gasteiger charge is -2.15. The zero-order chi connectivity index (χ0) is 18.6. The van der Waals surface area contributed by atoms with Crippen LogP contribution in [0, 0.1) is 11.3 Å². The summed E-state index contributed by atoms with van der Waals surface area (Å²) in [5.74, 6) is -0.334. The van der Waals surface area contributed by atoms with Gasteiger partial charge in [0.2, 0.25) is 0 Å². The highest BCUT2D eigenvalue weighted by Gasteiger charge is 2.23. The molecular formula is C23H20N2O2. The van der Waals surface area contributed by atoms with Crippen molar-refractivity contribution in [1.29, 1.82) is 5.26 Å². The van der Waals surface area contributed by atoms with Crippen LogP contribution < -0.4 is 0 Å². The van der Waals surface area contributed by atoms with Crippen LogP contribution in [0.1, 0.15) is 52.0 Å². The van der Waals surface area contributed by atoms with Crippen molar-refractivity contribution in [2.45, 2.75) is 38.7 Å². The normalized spacial score (nSPS) is 13.4. The molecule has 134 valence electrons. The van der Waals surface area contributed by atoms with E-state index in [1.54, 1.807) is 12.1 Å². The SMILES string of the molecule is N#Cc1ccccc1COC(=O)c1c2c(nc3ccccc13)CCCCC2. The van der Waals surface area contributed by atoms with Crippen molar-refractivity contribution in [2.24, 2.45) is 0 Å². The summed E-state index contributed by atoms with van der Waals surface area (Å²) >= 11 is 0. The number of nitriles is 1. The molecule has 2 aromatic carbocycles. The van der Waals surface area contributed by atoms with Crippen molar-refractivity contribution < 1.29 is 9.53 Å². The Morgan fingerprint density at radius 2 is 1.81 bits per heavy atom. The molecule has 4 heteroatoms. The number of carbonyl (C=O) groups is 1. The van der Waals surface area contributed by atoms with Gasteiger partial charge < -0.3 is 4.74 Å². The Morgan fingerprint density at radius 1 is 1.04 bits per heavy atom. The Hall–Kier alpha value is -3.19. The lowest BCUT2D eigenvalue weighted by molar-refractivity contribution is 0.0473. The van der Waals surface area contributed by atoms with Gasteiger partial charge in [-0.05, 0) is 43.4 Å². The van der Waals surface area contributed by atoms with Crippen LogP contribution >= 0.6 is 0 Å². The minimum atomic E-state index is -0.334. The minimum Gasteiger partial charge on any atom is -0.457 e. The van der Waals surface area contributed by atoms with Crippen molar-refractivity contribution in [3.05, 3.63) is 76.5 Å². The average Bonchev–Trinajstić information content (AvgIpc) is 2.95. The molecule has 0 saturated heterocycles. The Kier molecular flexibility index (Phi) is 4.84. The summed E-state index contributed by atoms with van der Waals surface area (Å²) in [6.07, 6.45) is 5.06. The largest absolute Gasteiger partial charge is 0.457 e. The molecule has 0 saturated carbocycles. The summed E-state index contributed by atoms with van der Waals surface area (Å²) in [5, 5.41) is 10.1. The summed E-state index contributed by atoms with van der Waals surface area (Å²) < 4.78 is 5.65. The topological polar surface area (TPSA) is 63.0 Å². The zero-order valence-corrected chi connectivity index (χ0v) is 15.1. The van der Waals surface area contributed by atoms with E-state index in [9.17, 15) is 10.1 Å². The molecule has 0 unspecified atom stereocenters. The summed E-state index contributed by atoms with van der Waals surface area (Å²) in [6, 6.07) is 17.1. The van der Waals surface area contributed by atoms with E-state index >= 15 is 0 Å². The Labute approximate surface area is 158 Å². The fraction of sp³-hybridized carbons (Fsp3) is 0.261. The maximum Gasteiger partial charge on any atom is 0.339 e. The van der Waals surface area contributed by atoms with Gasteiger partial charge in [0.05, 0.1) is 22.7 Å². The Balaban J connectivity index is 1.72. The Morgan fingerprint density at radius 3 is 2.70 bits per heavy atom. The van der Waals surface area contributed by atoms with Gasteiger partial charge in [0.15, 0.2) is 0 Å². The van der Waals surface area contributed by atoms with E-state index in [4.69, 9.17) is 9.72 Å². The molecule has 3 aromatic rings. The Bertz CT molecular complexity index is 1050. The number of aromatic nitrogens is 1. The first kappa shape index (κ1) is 17.2. The highest BCUT2D eigenvalue weighted by molar-refractivity contribution is 6.05. The van der Waals surface area contributed by atoms with Crippen LogP contribution in [0.5, 0.6) is 0 Å². The predicted molar refractivity (Wildman–Crippen MR) is 103 cm³/mol. The molecule has 0 spiro atoms. The van der Waals surface area contributed by atoms with E-state index in [0.717, 1.165) is 59.8 Å². The number of rotatable bonds is 3. The number of esters is 1. The van der Waals surface area contributed by atoms with Gasteiger partial charge in [0, 0.05) is 16.6 Å². The second-order valence-electron chi connectivity index (χ2n) is 6.83. The molecule has 1 aliphatic rings. The lowest BCUT2D eigenvalue weighted by Crippen LogP contribution is -2.13. The number of aryl methyl sites for hydroxylation is 1. The van der Waals surface area contributed by atoms with Gasteiger partial charge in [-0.15, -0.1) is 0 Å². The number of ether oxygens (including phenoxy) is 1. The van der Waals surface area contributed by atoms with Crippen molar-refractivity contribution >= 4 is 16.9 Å². The number of para-hydroxylation sites is 1. The number of fused-ring (bicyclic) bond motifs is 2. The van der Waals surface area contributed by atoms with Gasteiger partial charge in [0.25, 0.3) is 0 Å². The third-order valence-electron chi connectivity index (χ3n) is 5.12. The molecule has 27 heavy (non-hydrogen) atoms. The van der Waals surface area contributed by atoms with Crippen LogP contribution in [-0.2, 0) is 24.2 Å². The van der Waals surface area contributed by atoms with Gasteiger partial charge in [0.1, 0.15) is 6.61 Å². The molecule has 0 fully saturated rings. The highest BCUT2D eigenvalue weighted by atomic mass is 16.5. The second kappa shape index (κ2) is 7.59. The molecule has 0 amide bonds. The van der Waals surface area contributed by atoms with E-state index in [0.29, 0.717) is 11.1 Å². The fourth-order valence-corrected chi connectivity index (χ4v) is 3.75. The number of hydrogen-bond donors (Lipinski definition) is 0. The lowest BCUT2D eigenvalue weighted by atomic mass is 9.97. The smallest absolute Gasteiger partial charge is 0.339 e. The monoisotopic (exact) mass is 356 g/mol. The molecule has 0 N–H and O–H groups in total. The van der Waals surface area contributed by atoms with Crippen LogP contribution in [0.15, 0.2) is 48.5 Å². The number of nitrogens with zero attached hydrogens (tertiary/aromatic N) is 2. The average molecular weight is 356 g/mol. The van der Waals surface area contributed by atoms with Crippen molar-refractivity contribution in [1.82, 2.24) is 4.98 Å². The maximum absolute atomic E-state index is 13.1. The van der Waals surface area contributed by atoms with E-state index in [1.807, 2.05) is 36.4 Å². The van der Waals surface area contributed by atoms with E-state index < -0.39 is 0 Å². The maximum atomic E-state index is 13.1. The number of benzene rings is 2. The molecular weight excluding hydrogens is 336 g/mol. The molecule has 1 heterocycles. The molecule has 0 aliphatic heterocycles. The van der Waals surface area contributed by atoms with Gasteiger partial charge >= 0.3 is 5.97 Å². The standard InChI is InChI=1S/C23H20N2O2/c24-14-16-8-4-5-9-17(16)15-27-23(26)22-18-10-2-1-3-12-20(18)25-21-13-7-6-11-19(21)22/h4-9,11,13H,1-3,10,12,15H2. The van der Waals surface area contributed by atoms with Crippen LogP contribution in [0.4, 0.5) is 0 Å². The van der Waals surface area contributed by atoms with Crippen molar-refractivity contribution in [3.8, 4) is 6.07 Å².